The van der Waals surface area contributed by atoms with Crippen molar-refractivity contribution in [2.45, 2.75) is 64.7 Å². The maximum atomic E-state index is 10.4. The second-order valence-electron chi connectivity index (χ2n) is 8.28. The molecule has 34 heavy (non-hydrogen) atoms. The van der Waals surface area contributed by atoms with Gasteiger partial charge in [-0.1, -0.05) is 38.8 Å². The number of hydrogen-bond donors (Lipinski definition) is 7. The smallest absolute Gasteiger partial charge is 0.147 e. The zero-order valence-corrected chi connectivity index (χ0v) is 20.0. The van der Waals surface area contributed by atoms with E-state index in [9.17, 15) is 10.2 Å². The van der Waals surface area contributed by atoms with E-state index in [1.54, 1.807) is 17.6 Å². The SMILES string of the molecule is C=C(Nc1ccc(CCCCCC)c(O)c1)Nc1c(C(=N)N)ncn1[C@@H](C[C@H](C)O)OCCO. The second-order valence-corrected chi connectivity index (χ2v) is 8.28. The van der Waals surface area contributed by atoms with Crippen LogP contribution in [0.4, 0.5) is 11.5 Å². The Bertz CT molecular complexity index is 944. The molecule has 1 aromatic carbocycles. The summed E-state index contributed by atoms with van der Waals surface area (Å²) in [5.74, 6) is 0.679. The summed E-state index contributed by atoms with van der Waals surface area (Å²) >= 11 is 0. The number of aromatic nitrogens is 2. The quantitative estimate of drug-likeness (QED) is 0.111. The predicted molar refractivity (Wildman–Crippen MR) is 134 cm³/mol. The van der Waals surface area contributed by atoms with Crippen LogP contribution in [0.1, 0.15) is 63.4 Å². The number of nitrogen functional groups attached to an aromatic ring is 1. The van der Waals surface area contributed by atoms with Crippen molar-refractivity contribution in [2.24, 2.45) is 5.73 Å². The molecule has 2 rings (SSSR count). The van der Waals surface area contributed by atoms with Crippen LogP contribution >= 0.6 is 0 Å². The fraction of sp³-hybridized carbons (Fsp3) is 0.500. The molecule has 0 aliphatic rings. The summed E-state index contributed by atoms with van der Waals surface area (Å²) in [5.41, 5.74) is 7.44. The molecule has 0 amide bonds. The highest BCUT2D eigenvalue weighted by molar-refractivity contribution is 5.98. The van der Waals surface area contributed by atoms with Gasteiger partial charge < -0.3 is 36.4 Å². The number of nitrogens with one attached hydrogen (secondary N) is 3. The van der Waals surface area contributed by atoms with Gasteiger partial charge in [-0.15, -0.1) is 0 Å². The number of rotatable bonds is 16. The average Bonchev–Trinajstić information content (AvgIpc) is 3.18. The summed E-state index contributed by atoms with van der Waals surface area (Å²) in [4.78, 5) is 4.20. The Morgan fingerprint density at radius 3 is 2.68 bits per heavy atom. The van der Waals surface area contributed by atoms with E-state index in [1.165, 1.54) is 19.2 Å². The first-order valence-corrected chi connectivity index (χ1v) is 11.6. The van der Waals surface area contributed by atoms with Crippen LogP contribution in [-0.4, -0.2) is 50.0 Å². The molecule has 0 fully saturated rings. The molecule has 188 valence electrons. The van der Waals surface area contributed by atoms with Gasteiger partial charge in [0, 0.05) is 18.2 Å². The number of aliphatic hydroxyl groups excluding tert-OH is 2. The third kappa shape index (κ3) is 8.05. The molecule has 2 atom stereocenters. The van der Waals surface area contributed by atoms with E-state index in [4.69, 9.17) is 21.0 Å². The van der Waals surface area contributed by atoms with Gasteiger partial charge in [0.05, 0.1) is 25.6 Å². The summed E-state index contributed by atoms with van der Waals surface area (Å²) in [6, 6.07) is 5.40. The van der Waals surface area contributed by atoms with E-state index in [2.05, 4.69) is 29.1 Å². The number of aromatic hydroxyl groups is 1. The van der Waals surface area contributed by atoms with Crippen LogP contribution in [0.5, 0.6) is 5.75 Å². The lowest BCUT2D eigenvalue weighted by molar-refractivity contribution is -0.0391. The number of amidine groups is 1. The molecule has 1 aromatic heterocycles. The molecule has 0 saturated heterocycles. The number of imidazole rings is 1. The van der Waals surface area contributed by atoms with E-state index in [0.717, 1.165) is 24.8 Å². The molecule has 8 N–H and O–H groups in total. The summed E-state index contributed by atoms with van der Waals surface area (Å²) in [6.45, 7) is 7.66. The van der Waals surface area contributed by atoms with E-state index in [-0.39, 0.29) is 36.9 Å². The van der Waals surface area contributed by atoms with Crippen molar-refractivity contribution in [2.75, 3.05) is 23.8 Å². The fourth-order valence-corrected chi connectivity index (χ4v) is 3.59. The van der Waals surface area contributed by atoms with Crippen molar-refractivity contribution >= 4 is 17.3 Å². The first-order valence-electron chi connectivity index (χ1n) is 11.6. The van der Waals surface area contributed by atoms with Gasteiger partial charge >= 0.3 is 0 Å². The van der Waals surface area contributed by atoms with E-state index >= 15 is 0 Å². The first kappa shape index (κ1) is 27.2. The number of benzene rings is 1. The van der Waals surface area contributed by atoms with Gasteiger partial charge in [-0.25, -0.2) is 4.98 Å². The normalized spacial score (nSPS) is 12.8. The minimum atomic E-state index is -0.676. The number of anilines is 2. The molecule has 1 heterocycles. The molecule has 2 aromatic rings. The second kappa shape index (κ2) is 13.6. The molecule has 0 saturated carbocycles. The van der Waals surface area contributed by atoms with Gasteiger partial charge in [-0.3, -0.25) is 9.98 Å². The Balaban J connectivity index is 2.16. The Hall–Kier alpha value is -3.08. The monoisotopic (exact) mass is 474 g/mol. The van der Waals surface area contributed by atoms with Gasteiger partial charge in [0.1, 0.15) is 35.1 Å². The number of phenolic OH excluding ortho intramolecular Hbond substituents is 1. The van der Waals surface area contributed by atoms with Crippen molar-refractivity contribution in [3.05, 3.63) is 48.2 Å². The average molecular weight is 475 g/mol. The van der Waals surface area contributed by atoms with Gasteiger partial charge in [-0.05, 0) is 31.4 Å². The summed E-state index contributed by atoms with van der Waals surface area (Å²) in [7, 11) is 0. The highest BCUT2D eigenvalue weighted by Crippen LogP contribution is 2.27. The highest BCUT2D eigenvalue weighted by atomic mass is 16.5. The summed E-state index contributed by atoms with van der Waals surface area (Å²) < 4.78 is 7.28. The van der Waals surface area contributed by atoms with Gasteiger partial charge in [-0.2, -0.15) is 0 Å². The van der Waals surface area contributed by atoms with Crippen molar-refractivity contribution in [3.63, 3.8) is 0 Å². The third-order valence-corrected chi connectivity index (χ3v) is 5.25. The van der Waals surface area contributed by atoms with Crippen LogP contribution in [0.2, 0.25) is 0 Å². The number of nitrogens with two attached hydrogens (primary N) is 1. The highest BCUT2D eigenvalue weighted by Gasteiger charge is 2.22. The molecular formula is C24H38N6O4. The lowest BCUT2D eigenvalue weighted by Gasteiger charge is -2.24. The topological polar surface area (TPSA) is 162 Å². The Morgan fingerprint density at radius 2 is 2.06 bits per heavy atom. The van der Waals surface area contributed by atoms with Crippen LogP contribution < -0.4 is 16.4 Å². The number of aryl methyl sites for hydroxylation is 1. The number of aliphatic hydroxyl groups is 2. The number of unbranched alkanes of at least 4 members (excludes halogenated alkanes) is 3. The largest absolute Gasteiger partial charge is 0.508 e. The van der Waals surface area contributed by atoms with Crippen LogP contribution in [-0.2, 0) is 11.2 Å². The minimum Gasteiger partial charge on any atom is -0.508 e. The van der Waals surface area contributed by atoms with Crippen molar-refractivity contribution in [3.8, 4) is 5.75 Å². The van der Waals surface area contributed by atoms with E-state index in [1.807, 2.05) is 12.1 Å². The zero-order chi connectivity index (χ0) is 25.1. The predicted octanol–water partition coefficient (Wildman–Crippen LogP) is 3.27. The Morgan fingerprint density at radius 1 is 1.29 bits per heavy atom. The molecule has 0 spiro atoms. The van der Waals surface area contributed by atoms with Crippen molar-refractivity contribution < 1.29 is 20.1 Å². The first-order chi connectivity index (χ1) is 16.3. The Kier molecular flexibility index (Phi) is 10.9. The lowest BCUT2D eigenvalue weighted by atomic mass is 10.0. The van der Waals surface area contributed by atoms with Crippen molar-refractivity contribution in [1.29, 1.82) is 5.41 Å². The number of phenols is 1. The molecule has 0 aliphatic carbocycles. The van der Waals surface area contributed by atoms with Crippen LogP contribution in [0.3, 0.4) is 0 Å². The van der Waals surface area contributed by atoms with Crippen LogP contribution in [0.15, 0.2) is 36.9 Å². The van der Waals surface area contributed by atoms with E-state index in [0.29, 0.717) is 17.3 Å². The van der Waals surface area contributed by atoms with Crippen molar-refractivity contribution in [1.82, 2.24) is 9.55 Å². The number of ether oxygens (including phenoxy) is 1. The molecule has 0 aliphatic heterocycles. The maximum absolute atomic E-state index is 10.4. The zero-order valence-electron chi connectivity index (χ0n) is 20.0. The minimum absolute atomic E-state index is 0.0632. The fourth-order valence-electron chi connectivity index (χ4n) is 3.59. The number of nitrogens with zero attached hydrogens (tertiary/aromatic N) is 2. The van der Waals surface area contributed by atoms with Gasteiger partial charge in [0.15, 0.2) is 0 Å². The van der Waals surface area contributed by atoms with E-state index < -0.39 is 12.3 Å². The molecule has 10 nitrogen and oxygen atoms in total. The molecular weight excluding hydrogens is 436 g/mol. The molecule has 10 heteroatoms. The maximum Gasteiger partial charge on any atom is 0.147 e. The lowest BCUT2D eigenvalue weighted by Crippen LogP contribution is -2.23. The van der Waals surface area contributed by atoms with Crippen LogP contribution in [0.25, 0.3) is 0 Å². The molecule has 0 radical (unpaired) electrons. The molecule has 0 unspecified atom stereocenters. The Labute approximate surface area is 201 Å². The van der Waals surface area contributed by atoms with Gasteiger partial charge in [0.25, 0.3) is 0 Å². The van der Waals surface area contributed by atoms with Gasteiger partial charge in [0.2, 0.25) is 0 Å². The third-order valence-electron chi connectivity index (χ3n) is 5.25. The number of hydrogen-bond acceptors (Lipinski definition) is 8. The standard InChI is InChI=1S/C24H38N6O4/c1-4-5-6-7-8-18-9-10-19(14-20(18)33)28-17(3)29-24-22(23(25)26)27-15-30(24)21(13-16(2)32)34-12-11-31/h9-10,14-16,21,28-29,31-33H,3-8,11-13H2,1-2H3,(H3,25,26)/t16-,21+/m0/s1. The summed E-state index contributed by atoms with van der Waals surface area (Å²) in [5, 5.41) is 43.5. The molecule has 0 bridgehead atoms. The van der Waals surface area contributed by atoms with Crippen LogP contribution in [0, 0.1) is 5.41 Å². The summed E-state index contributed by atoms with van der Waals surface area (Å²) in [6.07, 6.45) is 5.71.